The van der Waals surface area contributed by atoms with Crippen LogP contribution in [0.3, 0.4) is 0 Å². The SMILES string of the molecule is CCC(C#N)S(=O)(=O)c1ccc(OC)c(OC)c1. The van der Waals surface area contributed by atoms with Gasteiger partial charge in [-0.3, -0.25) is 0 Å². The number of sulfone groups is 1. The van der Waals surface area contributed by atoms with E-state index in [1.54, 1.807) is 13.0 Å². The molecule has 0 bridgehead atoms. The lowest BCUT2D eigenvalue weighted by atomic mass is 10.3. The van der Waals surface area contributed by atoms with Crippen molar-refractivity contribution in [3.8, 4) is 17.6 Å². The number of nitriles is 1. The van der Waals surface area contributed by atoms with Crippen molar-refractivity contribution in [3.63, 3.8) is 0 Å². The van der Waals surface area contributed by atoms with Crippen LogP contribution in [0, 0.1) is 11.3 Å². The molecule has 0 N–H and O–H groups in total. The summed E-state index contributed by atoms with van der Waals surface area (Å²) in [6.45, 7) is 1.66. The molecule has 0 fully saturated rings. The van der Waals surface area contributed by atoms with Gasteiger partial charge in [0.2, 0.25) is 0 Å². The topological polar surface area (TPSA) is 76.4 Å². The van der Waals surface area contributed by atoms with Gasteiger partial charge in [-0.05, 0) is 18.6 Å². The summed E-state index contributed by atoms with van der Waals surface area (Å²) in [5, 5.41) is 7.82. The summed E-state index contributed by atoms with van der Waals surface area (Å²) in [7, 11) is -0.761. The summed E-state index contributed by atoms with van der Waals surface area (Å²) < 4.78 is 34.4. The Kier molecular flexibility index (Phi) is 4.56. The molecule has 1 atom stereocenters. The number of hydrogen-bond acceptors (Lipinski definition) is 5. The molecule has 98 valence electrons. The zero-order valence-electron chi connectivity index (χ0n) is 10.5. The van der Waals surface area contributed by atoms with Gasteiger partial charge >= 0.3 is 0 Å². The standard InChI is InChI=1S/C12H15NO4S/c1-4-9(8-13)18(14,15)10-5-6-11(16-2)12(7-10)17-3/h5-7,9H,4H2,1-3H3. The van der Waals surface area contributed by atoms with Crippen molar-refractivity contribution in [3.05, 3.63) is 18.2 Å². The van der Waals surface area contributed by atoms with Crippen LogP contribution < -0.4 is 9.47 Å². The lowest BCUT2D eigenvalue weighted by Crippen LogP contribution is -2.18. The van der Waals surface area contributed by atoms with Crippen molar-refractivity contribution in [1.82, 2.24) is 0 Å². The summed E-state index contributed by atoms with van der Waals surface area (Å²) in [6.07, 6.45) is 0.243. The second-order valence-corrected chi connectivity index (χ2v) is 5.72. The summed E-state index contributed by atoms with van der Waals surface area (Å²) in [4.78, 5) is 0.0635. The van der Waals surface area contributed by atoms with Gasteiger partial charge in [0.1, 0.15) is 0 Å². The first-order valence-electron chi connectivity index (χ1n) is 5.36. The largest absolute Gasteiger partial charge is 0.493 e. The van der Waals surface area contributed by atoms with Crippen LogP contribution in [0.1, 0.15) is 13.3 Å². The zero-order valence-corrected chi connectivity index (χ0v) is 11.3. The highest BCUT2D eigenvalue weighted by Crippen LogP contribution is 2.31. The first kappa shape index (κ1) is 14.3. The molecular formula is C12H15NO4S. The van der Waals surface area contributed by atoms with Gasteiger partial charge in [0.15, 0.2) is 26.6 Å². The Morgan fingerprint density at radius 3 is 2.33 bits per heavy atom. The van der Waals surface area contributed by atoms with Crippen molar-refractivity contribution in [2.24, 2.45) is 0 Å². The minimum atomic E-state index is -3.66. The molecule has 0 saturated carbocycles. The van der Waals surface area contributed by atoms with Crippen molar-refractivity contribution in [2.75, 3.05) is 14.2 Å². The van der Waals surface area contributed by atoms with Crippen LogP contribution in [-0.2, 0) is 9.84 Å². The predicted molar refractivity (Wildman–Crippen MR) is 66.4 cm³/mol. The van der Waals surface area contributed by atoms with Crippen molar-refractivity contribution in [2.45, 2.75) is 23.5 Å². The van der Waals surface area contributed by atoms with Crippen LogP contribution in [0.4, 0.5) is 0 Å². The second-order valence-electron chi connectivity index (χ2n) is 3.59. The van der Waals surface area contributed by atoms with E-state index >= 15 is 0 Å². The maximum Gasteiger partial charge on any atom is 0.194 e. The lowest BCUT2D eigenvalue weighted by Gasteiger charge is -2.12. The van der Waals surface area contributed by atoms with Gasteiger partial charge in [0, 0.05) is 6.07 Å². The highest BCUT2D eigenvalue weighted by atomic mass is 32.2. The fraction of sp³-hybridized carbons (Fsp3) is 0.417. The Balaban J connectivity index is 3.31. The maximum atomic E-state index is 12.1. The molecule has 6 heteroatoms. The average Bonchev–Trinajstić information content (AvgIpc) is 2.38. The fourth-order valence-electron chi connectivity index (χ4n) is 1.54. The highest BCUT2D eigenvalue weighted by Gasteiger charge is 2.26. The first-order chi connectivity index (χ1) is 8.51. The third kappa shape index (κ3) is 2.57. The van der Waals surface area contributed by atoms with Gasteiger partial charge in [-0.25, -0.2) is 8.42 Å². The molecule has 0 aliphatic carbocycles. The molecule has 0 aliphatic rings. The zero-order chi connectivity index (χ0) is 13.8. The number of nitrogens with zero attached hydrogens (tertiary/aromatic N) is 1. The van der Waals surface area contributed by atoms with E-state index in [1.165, 1.54) is 32.4 Å². The summed E-state index contributed by atoms with van der Waals surface area (Å²) >= 11 is 0. The van der Waals surface area contributed by atoms with Gasteiger partial charge in [0.05, 0.1) is 25.2 Å². The minimum absolute atomic E-state index is 0.0635. The van der Waals surface area contributed by atoms with Gasteiger partial charge in [0.25, 0.3) is 0 Å². The van der Waals surface area contributed by atoms with Gasteiger partial charge in [-0.2, -0.15) is 5.26 Å². The normalized spacial score (nSPS) is 12.6. The molecule has 0 heterocycles. The third-order valence-electron chi connectivity index (χ3n) is 2.57. The van der Waals surface area contributed by atoms with Crippen molar-refractivity contribution >= 4 is 9.84 Å². The minimum Gasteiger partial charge on any atom is -0.493 e. The molecule has 1 aromatic carbocycles. The maximum absolute atomic E-state index is 12.1. The van der Waals surface area contributed by atoms with E-state index < -0.39 is 15.1 Å². The number of benzene rings is 1. The van der Waals surface area contributed by atoms with Crippen LogP contribution >= 0.6 is 0 Å². The number of hydrogen-bond donors (Lipinski definition) is 0. The van der Waals surface area contributed by atoms with Crippen LogP contribution in [0.2, 0.25) is 0 Å². The predicted octanol–water partition coefficient (Wildman–Crippen LogP) is 1.78. The van der Waals surface area contributed by atoms with E-state index in [1.807, 2.05) is 0 Å². The highest BCUT2D eigenvalue weighted by molar-refractivity contribution is 7.92. The molecule has 0 amide bonds. The van der Waals surface area contributed by atoms with Crippen molar-refractivity contribution in [1.29, 1.82) is 5.26 Å². The van der Waals surface area contributed by atoms with E-state index in [0.717, 1.165) is 0 Å². The Morgan fingerprint density at radius 1 is 1.28 bits per heavy atom. The van der Waals surface area contributed by atoms with E-state index in [4.69, 9.17) is 14.7 Å². The lowest BCUT2D eigenvalue weighted by molar-refractivity contribution is 0.354. The van der Waals surface area contributed by atoms with Gasteiger partial charge in [-0.1, -0.05) is 6.92 Å². The third-order valence-corrected chi connectivity index (χ3v) is 4.67. The number of ether oxygens (including phenoxy) is 2. The van der Waals surface area contributed by atoms with E-state index in [2.05, 4.69) is 0 Å². The molecule has 0 aromatic heterocycles. The van der Waals surface area contributed by atoms with Crippen molar-refractivity contribution < 1.29 is 17.9 Å². The van der Waals surface area contributed by atoms with Crippen LogP contribution in [0.5, 0.6) is 11.5 Å². The first-order valence-corrected chi connectivity index (χ1v) is 6.91. The van der Waals surface area contributed by atoms with E-state index in [9.17, 15) is 8.42 Å². The van der Waals surface area contributed by atoms with Crippen LogP contribution in [-0.4, -0.2) is 27.9 Å². The number of methoxy groups -OCH3 is 2. The Morgan fingerprint density at radius 2 is 1.89 bits per heavy atom. The van der Waals surface area contributed by atoms with E-state index in [-0.39, 0.29) is 11.3 Å². The average molecular weight is 269 g/mol. The Hall–Kier alpha value is -1.74. The molecule has 0 aliphatic heterocycles. The fourth-order valence-corrected chi connectivity index (χ4v) is 2.97. The molecule has 1 unspecified atom stereocenters. The van der Waals surface area contributed by atoms with E-state index in [0.29, 0.717) is 11.5 Å². The quantitative estimate of drug-likeness (QED) is 0.814. The summed E-state index contributed by atoms with van der Waals surface area (Å²) in [6, 6.07) is 6.09. The summed E-state index contributed by atoms with van der Waals surface area (Å²) in [5.41, 5.74) is 0. The monoisotopic (exact) mass is 269 g/mol. The molecule has 18 heavy (non-hydrogen) atoms. The molecule has 1 aromatic rings. The van der Waals surface area contributed by atoms with Gasteiger partial charge < -0.3 is 9.47 Å². The van der Waals surface area contributed by atoms with Crippen LogP contribution in [0.25, 0.3) is 0 Å². The molecule has 0 spiro atoms. The van der Waals surface area contributed by atoms with Crippen LogP contribution in [0.15, 0.2) is 23.1 Å². The Labute approximate surface area is 107 Å². The molecule has 0 radical (unpaired) electrons. The molecule has 1 rings (SSSR count). The molecule has 0 saturated heterocycles. The van der Waals surface area contributed by atoms with Gasteiger partial charge in [-0.15, -0.1) is 0 Å². The Bertz CT molecular complexity index is 560. The number of rotatable bonds is 5. The molecule has 5 nitrogen and oxygen atoms in total. The molecular weight excluding hydrogens is 254 g/mol. The second kappa shape index (κ2) is 5.74. The summed E-state index contributed by atoms with van der Waals surface area (Å²) in [5.74, 6) is 0.771. The smallest absolute Gasteiger partial charge is 0.194 e.